The van der Waals surface area contributed by atoms with E-state index in [1.807, 2.05) is 0 Å². The van der Waals surface area contributed by atoms with Crippen LogP contribution in [0, 0.1) is 6.92 Å². The van der Waals surface area contributed by atoms with E-state index in [0.29, 0.717) is 0 Å². The number of hydrogen-bond donors (Lipinski definition) is 0. The van der Waals surface area contributed by atoms with Crippen LogP contribution in [0.5, 0.6) is 0 Å². The quantitative estimate of drug-likeness (QED) is 0.627. The molecule has 0 atom stereocenters. The first-order valence-corrected chi connectivity index (χ1v) is 9.57. The molecule has 0 amide bonds. The van der Waals surface area contributed by atoms with E-state index in [-0.39, 0.29) is 15.9 Å². The van der Waals surface area contributed by atoms with Gasteiger partial charge < -0.3 is 0 Å². The zero-order chi connectivity index (χ0) is 17.3. The second-order valence-electron chi connectivity index (χ2n) is 8.05. The largest absolute Gasteiger partial charge is 0.288 e. The molecule has 0 aliphatic heterocycles. The van der Waals surface area contributed by atoms with E-state index in [1.54, 1.807) is 6.92 Å². The van der Waals surface area contributed by atoms with Gasteiger partial charge in [0.2, 0.25) is 0 Å². The molecule has 1 aromatic rings. The van der Waals surface area contributed by atoms with E-state index < -0.39 is 0 Å². The molecule has 1 aliphatic carbocycles. The average Bonchev–Trinajstić information content (AvgIpc) is 2.44. The van der Waals surface area contributed by atoms with Crippen LogP contribution in [-0.2, 0) is 15.6 Å². The first kappa shape index (κ1) is 18.3. The second kappa shape index (κ2) is 6.84. The lowest BCUT2D eigenvalue weighted by molar-refractivity contribution is -0.109. The molecular formula is C21H30OS. The minimum atomic E-state index is 0.201. The van der Waals surface area contributed by atoms with Crippen molar-refractivity contribution in [3.05, 3.63) is 40.5 Å². The van der Waals surface area contributed by atoms with E-state index in [1.165, 1.54) is 46.9 Å². The fourth-order valence-corrected chi connectivity index (χ4v) is 3.94. The Hall–Kier alpha value is -1.02. The van der Waals surface area contributed by atoms with Crippen molar-refractivity contribution in [1.82, 2.24) is 0 Å². The average molecular weight is 331 g/mol. The van der Waals surface area contributed by atoms with E-state index in [2.05, 4.69) is 58.9 Å². The monoisotopic (exact) mass is 330 g/mol. The number of aryl methyl sites for hydroxylation is 1. The molecule has 0 aromatic heterocycles. The van der Waals surface area contributed by atoms with Crippen LogP contribution in [0.2, 0.25) is 0 Å². The summed E-state index contributed by atoms with van der Waals surface area (Å²) < 4.78 is 0. The minimum Gasteiger partial charge on any atom is -0.288 e. The molecule has 0 saturated heterocycles. The Morgan fingerprint density at radius 3 is 2.26 bits per heavy atom. The molecule has 2 rings (SSSR count). The molecule has 0 fully saturated rings. The third-order valence-electron chi connectivity index (χ3n) is 5.13. The maximum Gasteiger partial charge on any atom is 0.185 e. The van der Waals surface area contributed by atoms with E-state index in [4.69, 9.17) is 0 Å². The Balaban J connectivity index is 2.27. The summed E-state index contributed by atoms with van der Waals surface area (Å²) in [6, 6.07) is 4.81. The molecule has 23 heavy (non-hydrogen) atoms. The number of carbonyl (C=O) groups excluding carboxylic acids is 1. The molecule has 0 N–H and O–H groups in total. The van der Waals surface area contributed by atoms with E-state index in [9.17, 15) is 4.79 Å². The van der Waals surface area contributed by atoms with Crippen LogP contribution in [0.4, 0.5) is 0 Å². The lowest BCUT2D eigenvalue weighted by Crippen LogP contribution is -2.34. The van der Waals surface area contributed by atoms with Gasteiger partial charge in [-0.05, 0) is 59.3 Å². The van der Waals surface area contributed by atoms with Gasteiger partial charge in [0, 0.05) is 12.7 Å². The van der Waals surface area contributed by atoms with Crippen molar-refractivity contribution in [2.75, 3.05) is 5.75 Å². The van der Waals surface area contributed by atoms with Crippen LogP contribution in [0.25, 0.3) is 6.08 Å². The van der Waals surface area contributed by atoms with Gasteiger partial charge in [0.25, 0.3) is 0 Å². The molecule has 0 radical (unpaired) electrons. The lowest BCUT2D eigenvalue weighted by Gasteiger charge is -2.42. The maximum absolute atomic E-state index is 11.0. The number of allylic oxidation sites excluding steroid dienone is 1. The van der Waals surface area contributed by atoms with Gasteiger partial charge in [-0.15, -0.1) is 0 Å². The van der Waals surface area contributed by atoms with Crippen molar-refractivity contribution >= 4 is 23.0 Å². The normalized spacial score (nSPS) is 18.9. The molecule has 0 spiro atoms. The summed E-state index contributed by atoms with van der Waals surface area (Å²) in [5.41, 5.74) is 6.24. The molecule has 0 heterocycles. The second-order valence-corrected chi connectivity index (χ2v) is 9.33. The van der Waals surface area contributed by atoms with Gasteiger partial charge in [-0.25, -0.2) is 0 Å². The third-order valence-corrected chi connectivity index (χ3v) is 5.97. The molecule has 0 bridgehead atoms. The Bertz CT molecular complexity index is 623. The number of hydrogen-bond acceptors (Lipinski definition) is 2. The standard InChI is InChI=1S/C21H30OS/c1-15-13-18-19(21(5,6)11-10-20(18,3)4)14-17(15)9-7-8-12-23-16(2)22/h7,9,13-14H,8,10-12H2,1-6H3. The van der Waals surface area contributed by atoms with Gasteiger partial charge in [0.05, 0.1) is 0 Å². The Kier molecular flexibility index (Phi) is 5.45. The SMILES string of the molecule is CC(=O)SCCC=Cc1cc2c(cc1C)C(C)(C)CCC2(C)C. The highest BCUT2D eigenvalue weighted by Gasteiger charge is 2.37. The van der Waals surface area contributed by atoms with E-state index in [0.717, 1.165) is 12.2 Å². The molecule has 2 heteroatoms. The van der Waals surface area contributed by atoms with Gasteiger partial charge in [-0.3, -0.25) is 4.79 Å². The molecule has 1 aliphatic rings. The first-order chi connectivity index (χ1) is 10.6. The van der Waals surface area contributed by atoms with Crippen molar-refractivity contribution < 1.29 is 4.79 Å². The Labute approximate surface area is 145 Å². The number of carbonyl (C=O) groups is 1. The van der Waals surface area contributed by atoms with Crippen molar-refractivity contribution in [1.29, 1.82) is 0 Å². The molecule has 1 aromatic carbocycles. The molecular weight excluding hydrogens is 300 g/mol. The minimum absolute atomic E-state index is 0.201. The zero-order valence-corrected chi connectivity index (χ0v) is 16.3. The molecule has 1 nitrogen and oxygen atoms in total. The molecule has 126 valence electrons. The van der Waals surface area contributed by atoms with E-state index >= 15 is 0 Å². The smallest absolute Gasteiger partial charge is 0.185 e. The summed E-state index contributed by atoms with van der Waals surface area (Å²) in [6.07, 6.45) is 7.87. The highest BCUT2D eigenvalue weighted by molar-refractivity contribution is 8.13. The summed E-state index contributed by atoms with van der Waals surface area (Å²) in [7, 11) is 0. The summed E-state index contributed by atoms with van der Waals surface area (Å²) in [4.78, 5) is 11.0. The predicted molar refractivity (Wildman–Crippen MR) is 103 cm³/mol. The van der Waals surface area contributed by atoms with Gasteiger partial charge in [-0.1, -0.05) is 63.7 Å². The predicted octanol–water partition coefficient (Wildman–Crippen LogP) is 6.03. The first-order valence-electron chi connectivity index (χ1n) is 8.59. The van der Waals surface area contributed by atoms with Crippen molar-refractivity contribution in [3.8, 4) is 0 Å². The maximum atomic E-state index is 11.0. The van der Waals surface area contributed by atoms with Crippen LogP contribution < -0.4 is 0 Å². The number of thioether (sulfide) groups is 1. The van der Waals surface area contributed by atoms with Gasteiger partial charge in [-0.2, -0.15) is 0 Å². The summed E-state index contributed by atoms with van der Waals surface area (Å²) in [6.45, 7) is 13.3. The zero-order valence-electron chi connectivity index (χ0n) is 15.5. The van der Waals surface area contributed by atoms with Gasteiger partial charge >= 0.3 is 0 Å². The summed E-state index contributed by atoms with van der Waals surface area (Å²) in [5.74, 6) is 0.869. The van der Waals surface area contributed by atoms with Crippen molar-refractivity contribution in [2.45, 2.75) is 71.6 Å². The fourth-order valence-electron chi connectivity index (χ4n) is 3.40. The van der Waals surface area contributed by atoms with Crippen LogP contribution >= 0.6 is 11.8 Å². The highest BCUT2D eigenvalue weighted by atomic mass is 32.2. The topological polar surface area (TPSA) is 17.1 Å². The van der Waals surface area contributed by atoms with Crippen LogP contribution in [0.15, 0.2) is 18.2 Å². The molecule has 0 unspecified atom stereocenters. The van der Waals surface area contributed by atoms with Crippen LogP contribution in [-0.4, -0.2) is 10.9 Å². The third kappa shape index (κ3) is 4.29. The highest BCUT2D eigenvalue weighted by Crippen LogP contribution is 2.46. The molecule has 0 saturated carbocycles. The Morgan fingerprint density at radius 2 is 1.70 bits per heavy atom. The number of fused-ring (bicyclic) bond motifs is 1. The lowest BCUT2D eigenvalue weighted by atomic mass is 9.62. The summed E-state index contributed by atoms with van der Waals surface area (Å²) >= 11 is 1.40. The van der Waals surface area contributed by atoms with Crippen molar-refractivity contribution in [2.24, 2.45) is 0 Å². The van der Waals surface area contributed by atoms with Gasteiger partial charge in [0.15, 0.2) is 5.12 Å². The number of rotatable bonds is 4. The van der Waals surface area contributed by atoms with Crippen LogP contribution in [0.1, 0.15) is 76.1 Å². The van der Waals surface area contributed by atoms with Crippen LogP contribution in [0.3, 0.4) is 0 Å². The number of benzene rings is 1. The van der Waals surface area contributed by atoms with Gasteiger partial charge in [0.1, 0.15) is 0 Å². The fraction of sp³-hybridized carbons (Fsp3) is 0.571. The Morgan fingerprint density at radius 1 is 1.13 bits per heavy atom. The summed E-state index contributed by atoms with van der Waals surface area (Å²) in [5, 5.41) is 0.201. The van der Waals surface area contributed by atoms with Crippen molar-refractivity contribution in [3.63, 3.8) is 0 Å².